The zero-order valence-electron chi connectivity index (χ0n) is 20.1. The summed E-state index contributed by atoms with van der Waals surface area (Å²) in [5.41, 5.74) is 1.72. The molecule has 4 rings (SSSR count). The Morgan fingerprint density at radius 1 is 1.15 bits per heavy atom. The Bertz CT molecular complexity index is 936. The normalized spacial score (nSPS) is 22.4. The van der Waals surface area contributed by atoms with E-state index in [1.54, 1.807) is 17.0 Å². The van der Waals surface area contributed by atoms with Crippen LogP contribution in [0.25, 0.3) is 0 Å². The summed E-state index contributed by atoms with van der Waals surface area (Å²) in [6.07, 6.45) is 1.68. The van der Waals surface area contributed by atoms with Gasteiger partial charge in [-0.15, -0.1) is 0 Å². The molecule has 3 atom stereocenters. The first-order valence-electron chi connectivity index (χ1n) is 12.3. The SMILES string of the molecule is CC(C)COc1ccc(CN(C(=O)NCc2ccc(F)cc2)[C@H]2C[C@H]3CCCN3C[C@H]2F)cc1. The summed E-state index contributed by atoms with van der Waals surface area (Å²) in [6.45, 7) is 6.72. The van der Waals surface area contributed by atoms with E-state index < -0.39 is 12.2 Å². The fraction of sp³-hybridized carbons (Fsp3) is 0.519. The first-order chi connectivity index (χ1) is 16.4. The molecule has 0 saturated carbocycles. The molecule has 2 amide bonds. The zero-order valence-corrected chi connectivity index (χ0v) is 20.1. The second-order valence-electron chi connectivity index (χ2n) is 9.87. The van der Waals surface area contributed by atoms with E-state index in [-0.39, 0.29) is 18.4 Å². The molecular formula is C27H35F2N3O2. The number of carbonyl (C=O) groups is 1. The fourth-order valence-electron chi connectivity index (χ4n) is 4.87. The molecule has 2 heterocycles. The molecule has 0 aromatic heterocycles. The molecule has 2 aromatic carbocycles. The van der Waals surface area contributed by atoms with Gasteiger partial charge in [0.2, 0.25) is 0 Å². The van der Waals surface area contributed by atoms with E-state index in [0.717, 1.165) is 36.3 Å². The smallest absolute Gasteiger partial charge is 0.318 e. The molecule has 2 aliphatic heterocycles. The molecule has 0 aliphatic carbocycles. The molecule has 2 aliphatic rings. The number of carbonyl (C=O) groups excluding carboxylic acids is 1. The molecular weight excluding hydrogens is 436 g/mol. The molecule has 0 bridgehead atoms. The predicted molar refractivity (Wildman–Crippen MR) is 129 cm³/mol. The third kappa shape index (κ3) is 6.26. The van der Waals surface area contributed by atoms with E-state index >= 15 is 4.39 Å². The molecule has 0 unspecified atom stereocenters. The summed E-state index contributed by atoms with van der Waals surface area (Å²) in [7, 11) is 0. The van der Waals surface area contributed by atoms with E-state index in [4.69, 9.17) is 4.74 Å². The van der Waals surface area contributed by atoms with E-state index in [2.05, 4.69) is 24.1 Å². The maximum Gasteiger partial charge on any atom is 0.318 e. The summed E-state index contributed by atoms with van der Waals surface area (Å²) >= 11 is 0. The highest BCUT2D eigenvalue weighted by Crippen LogP contribution is 2.32. The molecule has 0 spiro atoms. The zero-order chi connectivity index (χ0) is 24.1. The van der Waals surface area contributed by atoms with Crippen LogP contribution in [0.5, 0.6) is 5.75 Å². The highest BCUT2D eigenvalue weighted by Gasteiger charge is 2.42. The molecule has 2 aromatic rings. The van der Waals surface area contributed by atoms with Crippen LogP contribution in [0.3, 0.4) is 0 Å². The third-order valence-electron chi connectivity index (χ3n) is 6.72. The van der Waals surface area contributed by atoms with Gasteiger partial charge in [0.25, 0.3) is 0 Å². The van der Waals surface area contributed by atoms with Crippen LogP contribution in [0.4, 0.5) is 13.6 Å². The highest BCUT2D eigenvalue weighted by atomic mass is 19.1. The number of nitrogens with zero attached hydrogens (tertiary/aromatic N) is 2. The topological polar surface area (TPSA) is 44.8 Å². The number of benzene rings is 2. The van der Waals surface area contributed by atoms with Gasteiger partial charge in [0.1, 0.15) is 17.7 Å². The first-order valence-corrected chi connectivity index (χ1v) is 12.3. The lowest BCUT2D eigenvalue weighted by Crippen LogP contribution is -2.57. The van der Waals surface area contributed by atoms with Crippen molar-refractivity contribution in [2.75, 3.05) is 19.7 Å². The number of nitrogens with one attached hydrogen (secondary N) is 1. The highest BCUT2D eigenvalue weighted by molar-refractivity contribution is 5.74. The number of halogens is 2. The largest absolute Gasteiger partial charge is 0.493 e. The Labute approximate surface area is 201 Å². The van der Waals surface area contributed by atoms with Gasteiger partial charge in [-0.05, 0) is 67.1 Å². The number of amides is 2. The Balaban J connectivity index is 1.47. The molecule has 184 valence electrons. The summed E-state index contributed by atoms with van der Waals surface area (Å²) < 4.78 is 34.3. The van der Waals surface area contributed by atoms with Crippen LogP contribution in [-0.2, 0) is 13.1 Å². The van der Waals surface area contributed by atoms with E-state index in [1.807, 2.05) is 24.3 Å². The number of fused-ring (bicyclic) bond motifs is 1. The van der Waals surface area contributed by atoms with Gasteiger partial charge in [-0.1, -0.05) is 38.1 Å². The van der Waals surface area contributed by atoms with Gasteiger partial charge in [0, 0.05) is 25.7 Å². The summed E-state index contributed by atoms with van der Waals surface area (Å²) in [6, 6.07) is 13.3. The fourth-order valence-corrected chi connectivity index (χ4v) is 4.87. The summed E-state index contributed by atoms with van der Waals surface area (Å²) in [5, 5.41) is 2.92. The van der Waals surface area contributed by atoms with Crippen molar-refractivity contribution in [3.05, 3.63) is 65.5 Å². The van der Waals surface area contributed by atoms with Crippen molar-refractivity contribution < 1.29 is 18.3 Å². The van der Waals surface area contributed by atoms with Crippen molar-refractivity contribution in [1.29, 1.82) is 0 Å². The Hall–Kier alpha value is -2.67. The van der Waals surface area contributed by atoms with Crippen molar-refractivity contribution >= 4 is 6.03 Å². The Kier molecular flexibility index (Phi) is 8.03. The lowest BCUT2D eigenvalue weighted by atomic mass is 9.94. The lowest BCUT2D eigenvalue weighted by molar-refractivity contribution is 0.0311. The van der Waals surface area contributed by atoms with Gasteiger partial charge in [0.15, 0.2) is 0 Å². The monoisotopic (exact) mass is 471 g/mol. The van der Waals surface area contributed by atoms with Gasteiger partial charge in [0.05, 0.1) is 12.6 Å². The Morgan fingerprint density at radius 3 is 2.56 bits per heavy atom. The van der Waals surface area contributed by atoms with E-state index in [1.165, 1.54) is 12.1 Å². The van der Waals surface area contributed by atoms with Crippen molar-refractivity contribution in [3.8, 4) is 5.75 Å². The van der Waals surface area contributed by atoms with Crippen molar-refractivity contribution in [3.63, 3.8) is 0 Å². The molecule has 7 heteroatoms. The van der Waals surface area contributed by atoms with Crippen molar-refractivity contribution in [2.45, 2.75) is 64.5 Å². The average Bonchev–Trinajstić information content (AvgIpc) is 3.28. The minimum atomic E-state index is -1.10. The summed E-state index contributed by atoms with van der Waals surface area (Å²) in [4.78, 5) is 17.2. The van der Waals surface area contributed by atoms with Crippen LogP contribution < -0.4 is 10.1 Å². The van der Waals surface area contributed by atoms with Gasteiger partial charge in [-0.25, -0.2) is 13.6 Å². The lowest BCUT2D eigenvalue weighted by Gasteiger charge is -2.42. The number of hydrogen-bond acceptors (Lipinski definition) is 3. The Morgan fingerprint density at radius 2 is 1.85 bits per heavy atom. The molecule has 2 saturated heterocycles. The van der Waals surface area contributed by atoms with E-state index in [9.17, 15) is 9.18 Å². The maximum absolute atomic E-state index is 15.3. The second kappa shape index (κ2) is 11.2. The van der Waals surface area contributed by atoms with Crippen molar-refractivity contribution in [2.24, 2.45) is 5.92 Å². The quantitative estimate of drug-likeness (QED) is 0.579. The van der Waals surface area contributed by atoms with Crippen LogP contribution >= 0.6 is 0 Å². The minimum Gasteiger partial charge on any atom is -0.493 e. The van der Waals surface area contributed by atoms with Crippen LogP contribution in [0.1, 0.15) is 44.2 Å². The second-order valence-corrected chi connectivity index (χ2v) is 9.87. The van der Waals surface area contributed by atoms with Crippen LogP contribution in [0.15, 0.2) is 48.5 Å². The predicted octanol–water partition coefficient (Wildman–Crippen LogP) is 5.15. The molecule has 1 N–H and O–H groups in total. The molecule has 5 nitrogen and oxygen atoms in total. The standard InChI is InChI=1S/C27H35F2N3O2/c1-19(2)18-34-24-11-7-21(8-12-24)16-32(26-14-23-4-3-13-31(23)17-25(26)29)27(33)30-15-20-5-9-22(28)10-6-20/h5-12,19,23,25-26H,3-4,13-18H2,1-2H3,(H,30,33)/t23-,25-,26+/m1/s1. The maximum atomic E-state index is 15.3. The van der Waals surface area contributed by atoms with Crippen molar-refractivity contribution in [1.82, 2.24) is 15.1 Å². The van der Waals surface area contributed by atoms with Crippen LogP contribution in [-0.4, -0.2) is 53.8 Å². The number of alkyl halides is 1. The number of urea groups is 1. The molecule has 2 fully saturated rings. The van der Waals surface area contributed by atoms with E-state index in [0.29, 0.717) is 38.1 Å². The van der Waals surface area contributed by atoms with Gasteiger partial charge in [-0.2, -0.15) is 0 Å². The minimum absolute atomic E-state index is 0.261. The molecule has 34 heavy (non-hydrogen) atoms. The van der Waals surface area contributed by atoms with Gasteiger partial charge < -0.3 is 15.0 Å². The van der Waals surface area contributed by atoms with Crippen LogP contribution in [0.2, 0.25) is 0 Å². The number of rotatable bonds is 8. The molecule has 0 radical (unpaired) electrons. The summed E-state index contributed by atoms with van der Waals surface area (Å²) in [5.74, 6) is 0.899. The third-order valence-corrected chi connectivity index (χ3v) is 6.72. The average molecular weight is 472 g/mol. The van der Waals surface area contributed by atoms with Gasteiger partial charge >= 0.3 is 6.03 Å². The number of hydrogen-bond donors (Lipinski definition) is 1. The number of piperidine rings is 1. The number of ether oxygens (including phenoxy) is 1. The first kappa shape index (κ1) is 24.5. The van der Waals surface area contributed by atoms with Gasteiger partial charge in [-0.3, -0.25) is 4.90 Å². The van der Waals surface area contributed by atoms with Crippen LogP contribution in [0, 0.1) is 11.7 Å².